The fourth-order valence-electron chi connectivity index (χ4n) is 2.68. The third-order valence-electron chi connectivity index (χ3n) is 3.79. The second-order valence-corrected chi connectivity index (χ2v) is 6.88. The molecule has 0 heterocycles. The maximum Gasteiger partial charge on any atom is 0.269 e. The molecule has 1 atom stereocenters. The lowest BCUT2D eigenvalue weighted by atomic mass is 10.1. The van der Waals surface area contributed by atoms with Crippen LogP contribution < -0.4 is 4.72 Å². The molecule has 0 spiro atoms. The summed E-state index contributed by atoms with van der Waals surface area (Å²) in [5.41, 5.74) is 2.01. The summed E-state index contributed by atoms with van der Waals surface area (Å²) in [5, 5.41) is 10.6. The van der Waals surface area contributed by atoms with Crippen molar-refractivity contribution in [3.8, 4) is 0 Å². The van der Waals surface area contributed by atoms with E-state index in [9.17, 15) is 18.5 Å². The number of sulfonamides is 1. The molecule has 0 radical (unpaired) electrons. The van der Waals surface area contributed by atoms with E-state index in [4.69, 9.17) is 0 Å². The van der Waals surface area contributed by atoms with Gasteiger partial charge in [-0.2, -0.15) is 0 Å². The van der Waals surface area contributed by atoms with Gasteiger partial charge in [0.2, 0.25) is 10.0 Å². The van der Waals surface area contributed by atoms with Gasteiger partial charge in [-0.25, -0.2) is 13.1 Å². The monoisotopic (exact) mass is 318 g/mol. The van der Waals surface area contributed by atoms with Crippen molar-refractivity contribution in [2.24, 2.45) is 0 Å². The highest BCUT2D eigenvalue weighted by atomic mass is 32.2. The lowest BCUT2D eigenvalue weighted by Crippen LogP contribution is -2.27. The molecule has 1 aliphatic carbocycles. The van der Waals surface area contributed by atoms with Crippen molar-refractivity contribution in [3.05, 3.63) is 69.8 Å². The molecular weight excluding hydrogens is 304 g/mol. The van der Waals surface area contributed by atoms with Crippen LogP contribution in [0.2, 0.25) is 0 Å². The zero-order chi connectivity index (χ0) is 15.7. The van der Waals surface area contributed by atoms with Crippen molar-refractivity contribution in [2.45, 2.75) is 23.8 Å². The third-order valence-corrected chi connectivity index (χ3v) is 5.28. The Morgan fingerprint density at radius 3 is 2.45 bits per heavy atom. The number of nitrogens with one attached hydrogen (secondary N) is 1. The Labute approximate surface area is 128 Å². The van der Waals surface area contributed by atoms with Crippen molar-refractivity contribution >= 4 is 15.7 Å². The second-order valence-electron chi connectivity index (χ2n) is 5.16. The van der Waals surface area contributed by atoms with E-state index >= 15 is 0 Å². The van der Waals surface area contributed by atoms with E-state index < -0.39 is 14.9 Å². The minimum atomic E-state index is -3.70. The number of benzene rings is 2. The van der Waals surface area contributed by atoms with Gasteiger partial charge in [0.15, 0.2) is 0 Å². The highest BCUT2D eigenvalue weighted by molar-refractivity contribution is 7.89. The molecule has 1 aliphatic rings. The van der Waals surface area contributed by atoms with Crippen LogP contribution in [0.5, 0.6) is 0 Å². The molecular formula is C15H14N2O4S. The van der Waals surface area contributed by atoms with Crippen LogP contribution in [0.15, 0.2) is 53.4 Å². The quantitative estimate of drug-likeness (QED) is 0.693. The van der Waals surface area contributed by atoms with Gasteiger partial charge in [-0.1, -0.05) is 24.3 Å². The highest BCUT2D eigenvalue weighted by Gasteiger charge is 2.27. The number of hydrogen-bond donors (Lipinski definition) is 1. The normalized spacial score (nSPS) is 17.2. The van der Waals surface area contributed by atoms with Crippen LogP contribution in [0.3, 0.4) is 0 Å². The lowest BCUT2D eigenvalue weighted by molar-refractivity contribution is -0.384. The average Bonchev–Trinajstić information content (AvgIpc) is 2.90. The molecule has 114 valence electrons. The number of nitro groups is 1. The van der Waals surface area contributed by atoms with Crippen LogP contribution in [-0.4, -0.2) is 13.3 Å². The van der Waals surface area contributed by atoms with Gasteiger partial charge in [-0.3, -0.25) is 10.1 Å². The van der Waals surface area contributed by atoms with Crippen LogP contribution >= 0.6 is 0 Å². The Hall–Kier alpha value is -2.25. The minimum Gasteiger partial charge on any atom is -0.258 e. The molecule has 0 saturated heterocycles. The summed E-state index contributed by atoms with van der Waals surface area (Å²) in [7, 11) is -3.70. The smallest absolute Gasteiger partial charge is 0.258 e. The zero-order valence-corrected chi connectivity index (χ0v) is 12.4. The Balaban J connectivity index is 1.84. The Kier molecular flexibility index (Phi) is 3.67. The zero-order valence-electron chi connectivity index (χ0n) is 11.6. The molecule has 6 nitrogen and oxygen atoms in total. The molecule has 1 N–H and O–H groups in total. The van der Waals surface area contributed by atoms with E-state index in [0.717, 1.165) is 17.5 Å². The molecule has 0 aromatic heterocycles. The number of nitrogens with zero attached hydrogens (tertiary/aromatic N) is 1. The summed E-state index contributed by atoms with van der Waals surface area (Å²) in [6.07, 6.45) is 1.55. The summed E-state index contributed by atoms with van der Waals surface area (Å²) in [5.74, 6) is 0. The molecule has 0 saturated carbocycles. The predicted octanol–water partition coefficient (Wildman–Crippen LogP) is 2.56. The average molecular weight is 318 g/mol. The van der Waals surface area contributed by atoms with E-state index in [1.807, 2.05) is 24.3 Å². The first-order valence-electron chi connectivity index (χ1n) is 6.82. The van der Waals surface area contributed by atoms with E-state index in [1.54, 1.807) is 0 Å². The Bertz CT molecular complexity index is 816. The number of nitro benzene ring substituents is 1. The third kappa shape index (κ3) is 2.72. The topological polar surface area (TPSA) is 89.3 Å². The molecule has 7 heteroatoms. The standard InChI is InChI=1S/C15H14N2O4S/c18-17(19)12-6-8-13(9-7-12)22(20,21)16-15-10-5-11-3-1-2-4-14(11)15/h1-4,6-9,15-16H,5,10H2/t15-/m0/s1. The van der Waals surface area contributed by atoms with E-state index in [2.05, 4.69) is 4.72 Å². The molecule has 0 aliphatic heterocycles. The minimum absolute atomic E-state index is 0.0301. The molecule has 0 unspecified atom stereocenters. The van der Waals surface area contributed by atoms with E-state index in [-0.39, 0.29) is 16.6 Å². The number of non-ortho nitro benzene ring substituents is 1. The van der Waals surface area contributed by atoms with Crippen LogP contribution in [0.1, 0.15) is 23.6 Å². The molecule has 2 aromatic rings. The number of fused-ring (bicyclic) bond motifs is 1. The van der Waals surface area contributed by atoms with Crippen molar-refractivity contribution in [3.63, 3.8) is 0 Å². The summed E-state index contributed by atoms with van der Waals surface area (Å²) in [6, 6.07) is 12.4. The second kappa shape index (κ2) is 5.51. The van der Waals surface area contributed by atoms with Gasteiger partial charge in [0.25, 0.3) is 5.69 Å². The van der Waals surface area contributed by atoms with Gasteiger partial charge in [0.1, 0.15) is 0 Å². The lowest BCUT2D eigenvalue weighted by Gasteiger charge is -2.14. The summed E-state index contributed by atoms with van der Waals surface area (Å²) < 4.78 is 27.5. The van der Waals surface area contributed by atoms with Crippen LogP contribution in [0, 0.1) is 10.1 Å². The van der Waals surface area contributed by atoms with Crippen LogP contribution in [-0.2, 0) is 16.4 Å². The Morgan fingerprint density at radius 1 is 1.09 bits per heavy atom. The van der Waals surface area contributed by atoms with Gasteiger partial charge in [-0.05, 0) is 36.1 Å². The number of rotatable bonds is 4. The van der Waals surface area contributed by atoms with Crippen molar-refractivity contribution in [1.29, 1.82) is 0 Å². The largest absolute Gasteiger partial charge is 0.269 e. The molecule has 0 fully saturated rings. The number of aryl methyl sites for hydroxylation is 1. The maximum absolute atomic E-state index is 12.4. The molecule has 0 amide bonds. The van der Waals surface area contributed by atoms with Gasteiger partial charge in [0, 0.05) is 18.2 Å². The van der Waals surface area contributed by atoms with Gasteiger partial charge >= 0.3 is 0 Å². The SMILES string of the molecule is O=[N+]([O-])c1ccc(S(=O)(=O)N[C@H]2CCc3ccccc32)cc1. The molecule has 22 heavy (non-hydrogen) atoms. The van der Waals surface area contributed by atoms with Crippen molar-refractivity contribution < 1.29 is 13.3 Å². The molecule has 2 aromatic carbocycles. The fraction of sp³-hybridized carbons (Fsp3) is 0.200. The highest BCUT2D eigenvalue weighted by Crippen LogP contribution is 2.32. The summed E-state index contributed by atoms with van der Waals surface area (Å²) in [4.78, 5) is 10.1. The predicted molar refractivity (Wildman–Crippen MR) is 80.9 cm³/mol. The summed E-state index contributed by atoms with van der Waals surface area (Å²) in [6.45, 7) is 0. The maximum atomic E-state index is 12.4. The first kappa shape index (κ1) is 14.7. The van der Waals surface area contributed by atoms with E-state index in [1.165, 1.54) is 24.3 Å². The van der Waals surface area contributed by atoms with Gasteiger partial charge in [0.05, 0.1) is 9.82 Å². The van der Waals surface area contributed by atoms with Crippen molar-refractivity contribution in [1.82, 2.24) is 4.72 Å². The van der Waals surface area contributed by atoms with Crippen LogP contribution in [0.4, 0.5) is 5.69 Å². The van der Waals surface area contributed by atoms with Crippen molar-refractivity contribution in [2.75, 3.05) is 0 Å². The first-order chi connectivity index (χ1) is 10.5. The van der Waals surface area contributed by atoms with E-state index in [0.29, 0.717) is 6.42 Å². The summed E-state index contributed by atoms with van der Waals surface area (Å²) >= 11 is 0. The molecule has 3 rings (SSSR count). The fourth-order valence-corrected chi connectivity index (χ4v) is 3.93. The first-order valence-corrected chi connectivity index (χ1v) is 8.30. The Morgan fingerprint density at radius 2 is 1.77 bits per heavy atom. The van der Waals surface area contributed by atoms with Gasteiger partial charge in [-0.15, -0.1) is 0 Å². The number of hydrogen-bond acceptors (Lipinski definition) is 4. The van der Waals surface area contributed by atoms with Crippen LogP contribution in [0.25, 0.3) is 0 Å². The van der Waals surface area contributed by atoms with Gasteiger partial charge < -0.3 is 0 Å². The molecule has 0 bridgehead atoms.